The summed E-state index contributed by atoms with van der Waals surface area (Å²) in [5.41, 5.74) is 0.764. The van der Waals surface area contributed by atoms with Crippen molar-refractivity contribution in [2.75, 3.05) is 20.1 Å². The Balaban J connectivity index is 1.66. The molecule has 0 spiro atoms. The van der Waals surface area contributed by atoms with Crippen molar-refractivity contribution in [3.63, 3.8) is 0 Å². The molecular weight excluding hydrogens is 336 g/mol. The molecule has 3 aromatic carbocycles. The van der Waals surface area contributed by atoms with Crippen molar-refractivity contribution in [1.29, 1.82) is 0 Å². The monoisotopic (exact) mass is 358 g/mol. The molecule has 2 atom stereocenters. The highest BCUT2D eigenvalue weighted by atomic mass is 16.2. The van der Waals surface area contributed by atoms with Crippen LogP contribution in [0.5, 0.6) is 0 Å². The van der Waals surface area contributed by atoms with Gasteiger partial charge >= 0.3 is 0 Å². The predicted molar refractivity (Wildman–Crippen MR) is 107 cm³/mol. The molecule has 3 aliphatic rings. The number of amides is 2. The SMILES string of the molecule is CN1C(=O)[C@@H]2CC[C@H]1CN(C(=O)c1c3ccccc3cc3ccccc13)C2. The van der Waals surface area contributed by atoms with E-state index < -0.39 is 0 Å². The van der Waals surface area contributed by atoms with Gasteiger partial charge in [-0.1, -0.05) is 48.5 Å². The van der Waals surface area contributed by atoms with Gasteiger partial charge in [0, 0.05) is 26.2 Å². The van der Waals surface area contributed by atoms with Gasteiger partial charge in [-0.15, -0.1) is 0 Å². The molecule has 3 saturated heterocycles. The van der Waals surface area contributed by atoms with Crippen LogP contribution in [0.15, 0.2) is 54.6 Å². The number of hydrogen-bond acceptors (Lipinski definition) is 2. The third-order valence-electron chi connectivity index (χ3n) is 6.24. The van der Waals surface area contributed by atoms with Gasteiger partial charge in [-0.25, -0.2) is 0 Å². The molecular formula is C23H22N2O2. The summed E-state index contributed by atoms with van der Waals surface area (Å²) in [5, 5.41) is 4.12. The highest BCUT2D eigenvalue weighted by Gasteiger charge is 2.40. The van der Waals surface area contributed by atoms with Crippen LogP contribution in [-0.2, 0) is 4.79 Å². The third-order valence-corrected chi connectivity index (χ3v) is 6.24. The quantitative estimate of drug-likeness (QED) is 0.623. The minimum atomic E-state index is -0.0704. The van der Waals surface area contributed by atoms with Gasteiger partial charge in [-0.3, -0.25) is 9.59 Å². The molecule has 4 heteroatoms. The van der Waals surface area contributed by atoms with Gasteiger partial charge in [0.1, 0.15) is 0 Å². The number of carbonyl (C=O) groups is 2. The van der Waals surface area contributed by atoms with Crippen LogP contribution in [0.25, 0.3) is 21.5 Å². The Morgan fingerprint density at radius 2 is 1.56 bits per heavy atom. The number of benzene rings is 3. The third kappa shape index (κ3) is 2.51. The van der Waals surface area contributed by atoms with Gasteiger partial charge in [-0.2, -0.15) is 0 Å². The fraction of sp³-hybridized carbons (Fsp3) is 0.304. The van der Waals surface area contributed by atoms with Crippen LogP contribution in [0.1, 0.15) is 23.2 Å². The molecule has 3 fully saturated rings. The Morgan fingerprint density at radius 1 is 0.926 bits per heavy atom. The van der Waals surface area contributed by atoms with Gasteiger partial charge in [0.2, 0.25) is 5.91 Å². The lowest BCUT2D eigenvalue weighted by Crippen LogP contribution is -2.45. The second-order valence-corrected chi connectivity index (χ2v) is 7.78. The molecule has 4 nitrogen and oxygen atoms in total. The van der Waals surface area contributed by atoms with E-state index in [0.29, 0.717) is 13.1 Å². The molecule has 3 aromatic rings. The summed E-state index contributed by atoms with van der Waals surface area (Å²) in [6, 6.07) is 18.4. The lowest BCUT2D eigenvalue weighted by atomic mass is 9.94. The van der Waals surface area contributed by atoms with Crippen molar-refractivity contribution in [2.45, 2.75) is 18.9 Å². The number of piperidine rings is 1. The molecule has 27 heavy (non-hydrogen) atoms. The molecule has 2 amide bonds. The fourth-order valence-corrected chi connectivity index (χ4v) is 4.72. The first-order chi connectivity index (χ1) is 13.1. The first-order valence-electron chi connectivity index (χ1n) is 9.60. The molecule has 3 heterocycles. The van der Waals surface area contributed by atoms with Crippen LogP contribution in [0.4, 0.5) is 0 Å². The van der Waals surface area contributed by atoms with E-state index in [-0.39, 0.29) is 23.8 Å². The zero-order valence-electron chi connectivity index (χ0n) is 15.4. The van der Waals surface area contributed by atoms with E-state index in [0.717, 1.165) is 39.9 Å². The Kier molecular flexibility index (Phi) is 3.67. The van der Waals surface area contributed by atoms with Crippen molar-refractivity contribution >= 4 is 33.4 Å². The van der Waals surface area contributed by atoms with Crippen molar-refractivity contribution in [3.05, 3.63) is 60.2 Å². The summed E-state index contributed by atoms with van der Waals surface area (Å²) in [7, 11) is 1.88. The summed E-state index contributed by atoms with van der Waals surface area (Å²) in [6.45, 7) is 1.14. The zero-order chi connectivity index (χ0) is 18.5. The van der Waals surface area contributed by atoms with Crippen molar-refractivity contribution in [3.8, 4) is 0 Å². The maximum atomic E-state index is 13.7. The van der Waals surface area contributed by atoms with Gasteiger partial charge in [-0.05, 0) is 40.5 Å². The number of fused-ring (bicyclic) bond motifs is 6. The number of likely N-dealkylation sites (N-methyl/N-ethyl adjacent to an activating group) is 1. The number of nitrogens with zero attached hydrogens (tertiary/aromatic N) is 2. The molecule has 6 rings (SSSR count). The van der Waals surface area contributed by atoms with E-state index in [1.54, 1.807) is 0 Å². The predicted octanol–water partition coefficient (Wildman–Crippen LogP) is 3.69. The normalized spacial score (nSPS) is 22.5. The summed E-state index contributed by atoms with van der Waals surface area (Å²) in [6.07, 6.45) is 1.86. The molecule has 0 aliphatic carbocycles. The van der Waals surface area contributed by atoms with Gasteiger partial charge < -0.3 is 9.80 Å². The number of carbonyl (C=O) groups excluding carboxylic acids is 2. The average molecular weight is 358 g/mol. The minimum absolute atomic E-state index is 0.0444. The summed E-state index contributed by atoms with van der Waals surface area (Å²) in [5.74, 6) is 0.159. The van der Waals surface area contributed by atoms with Crippen LogP contribution in [0.3, 0.4) is 0 Å². The molecule has 0 radical (unpaired) electrons. The molecule has 0 aromatic heterocycles. The summed E-state index contributed by atoms with van der Waals surface area (Å²) in [4.78, 5) is 30.0. The van der Waals surface area contributed by atoms with E-state index >= 15 is 0 Å². The number of hydrogen-bond donors (Lipinski definition) is 0. The van der Waals surface area contributed by atoms with Gasteiger partial charge in [0.05, 0.1) is 11.5 Å². The van der Waals surface area contributed by atoms with E-state index in [1.165, 1.54) is 0 Å². The largest absolute Gasteiger partial charge is 0.341 e. The standard InChI is InChI=1S/C23H22N2O2/c1-24-18-11-10-17(22(24)26)13-25(14-18)23(27)21-19-8-4-2-6-15(19)12-16-7-3-5-9-20(16)21/h2-9,12,17-18H,10-11,13-14H2,1H3/t17-,18+/m1/s1. The Labute approximate surface area is 158 Å². The van der Waals surface area contributed by atoms with Crippen LogP contribution in [0, 0.1) is 5.92 Å². The fourth-order valence-electron chi connectivity index (χ4n) is 4.72. The van der Waals surface area contributed by atoms with E-state index in [1.807, 2.05) is 53.2 Å². The van der Waals surface area contributed by atoms with Crippen LogP contribution in [0.2, 0.25) is 0 Å². The lowest BCUT2D eigenvalue weighted by Gasteiger charge is -2.32. The molecule has 2 bridgehead atoms. The van der Waals surface area contributed by atoms with Crippen LogP contribution in [-0.4, -0.2) is 47.8 Å². The van der Waals surface area contributed by atoms with Crippen LogP contribution >= 0.6 is 0 Å². The smallest absolute Gasteiger partial charge is 0.255 e. The molecule has 0 unspecified atom stereocenters. The van der Waals surface area contributed by atoms with E-state index in [9.17, 15) is 9.59 Å². The zero-order valence-corrected chi connectivity index (χ0v) is 15.4. The highest BCUT2D eigenvalue weighted by molar-refractivity contribution is 6.18. The highest BCUT2D eigenvalue weighted by Crippen LogP contribution is 2.33. The Bertz CT molecular complexity index is 1020. The minimum Gasteiger partial charge on any atom is -0.341 e. The molecule has 0 saturated carbocycles. The lowest BCUT2D eigenvalue weighted by molar-refractivity contribution is -0.138. The number of rotatable bonds is 1. The first-order valence-corrected chi connectivity index (χ1v) is 9.60. The molecule has 136 valence electrons. The average Bonchev–Trinajstić information content (AvgIpc) is 2.98. The van der Waals surface area contributed by atoms with E-state index in [2.05, 4.69) is 18.2 Å². The van der Waals surface area contributed by atoms with Crippen LogP contribution < -0.4 is 0 Å². The maximum Gasteiger partial charge on any atom is 0.255 e. The Hall–Kier alpha value is -2.88. The Morgan fingerprint density at radius 3 is 2.22 bits per heavy atom. The summed E-state index contributed by atoms with van der Waals surface area (Å²) < 4.78 is 0. The maximum absolute atomic E-state index is 13.7. The molecule has 3 aliphatic heterocycles. The first kappa shape index (κ1) is 16.3. The van der Waals surface area contributed by atoms with Gasteiger partial charge in [0.25, 0.3) is 5.91 Å². The van der Waals surface area contributed by atoms with Crippen molar-refractivity contribution in [2.24, 2.45) is 5.92 Å². The molecule has 0 N–H and O–H groups in total. The topological polar surface area (TPSA) is 40.6 Å². The summed E-state index contributed by atoms with van der Waals surface area (Å²) >= 11 is 0. The van der Waals surface area contributed by atoms with Gasteiger partial charge in [0.15, 0.2) is 0 Å². The van der Waals surface area contributed by atoms with Crippen molar-refractivity contribution < 1.29 is 9.59 Å². The van der Waals surface area contributed by atoms with E-state index in [4.69, 9.17) is 0 Å². The second kappa shape index (κ2) is 6.08. The second-order valence-electron chi connectivity index (χ2n) is 7.78. The van der Waals surface area contributed by atoms with Crippen molar-refractivity contribution in [1.82, 2.24) is 9.80 Å².